The van der Waals surface area contributed by atoms with E-state index in [1.54, 1.807) is 0 Å². The molecule has 0 aliphatic heterocycles. The van der Waals surface area contributed by atoms with Gasteiger partial charge in [-0.05, 0) is 0 Å². The summed E-state index contributed by atoms with van der Waals surface area (Å²) in [4.78, 5) is 0. The SMILES string of the molecule is ClC(SSC(Cl)C(Cl)(Cl)Cl)C(Cl)(Cl)Cl. The molecule has 0 saturated carbocycles. The van der Waals surface area contributed by atoms with E-state index in [4.69, 9.17) is 92.8 Å². The van der Waals surface area contributed by atoms with Gasteiger partial charge in [-0.3, -0.25) is 0 Å². The molecule has 0 fully saturated rings. The molecule has 0 spiro atoms. The minimum absolute atomic E-state index is 0.786. The second-order valence-corrected chi connectivity index (χ2v) is 10.5. The number of hydrogen-bond acceptors (Lipinski definition) is 2. The summed E-state index contributed by atoms with van der Waals surface area (Å²) in [7, 11) is 2.04. The van der Waals surface area contributed by atoms with Gasteiger partial charge in [-0.1, -0.05) is 91.2 Å². The smallest absolute Gasteiger partial charge is 0.105 e. The lowest BCUT2D eigenvalue weighted by molar-refractivity contribution is 1.20. The highest BCUT2D eigenvalue weighted by molar-refractivity contribution is 8.77. The Kier molecular flexibility index (Phi) is 8.29. The van der Waals surface area contributed by atoms with Crippen LogP contribution in [0.15, 0.2) is 0 Å². The van der Waals surface area contributed by atoms with Crippen LogP contribution in [-0.2, 0) is 0 Å². The van der Waals surface area contributed by atoms with Gasteiger partial charge in [-0.25, -0.2) is 0 Å². The third-order valence-electron chi connectivity index (χ3n) is 0.739. The molecule has 0 aromatic carbocycles. The monoisotopic (exact) mass is 394 g/mol. The van der Waals surface area contributed by atoms with Crippen LogP contribution in [0.1, 0.15) is 0 Å². The zero-order valence-electron chi connectivity index (χ0n) is 5.99. The van der Waals surface area contributed by atoms with E-state index in [9.17, 15) is 0 Å². The van der Waals surface area contributed by atoms with E-state index in [2.05, 4.69) is 0 Å². The van der Waals surface area contributed by atoms with E-state index >= 15 is 0 Å². The predicted molar refractivity (Wildman–Crippen MR) is 75.0 cm³/mol. The molecule has 0 rings (SSSR count). The lowest BCUT2D eigenvalue weighted by Gasteiger charge is -2.21. The molecule has 10 heteroatoms. The molecule has 0 aromatic heterocycles. The first-order chi connectivity index (χ1) is 6.05. The Bertz CT molecular complexity index is 153. The van der Waals surface area contributed by atoms with Gasteiger partial charge in [-0.15, -0.1) is 23.2 Å². The third kappa shape index (κ3) is 7.37. The summed E-state index contributed by atoms with van der Waals surface area (Å²) >= 11 is 44.4. The third-order valence-corrected chi connectivity index (χ3v) is 7.96. The molecule has 0 aromatic rings. The zero-order valence-corrected chi connectivity index (χ0v) is 13.7. The van der Waals surface area contributed by atoms with Gasteiger partial charge in [0.15, 0.2) is 0 Å². The topological polar surface area (TPSA) is 0 Å². The first-order valence-corrected chi connectivity index (χ1v) is 8.20. The van der Waals surface area contributed by atoms with E-state index in [0.717, 1.165) is 21.6 Å². The Balaban J connectivity index is 3.96. The summed E-state index contributed by atoms with van der Waals surface area (Å²) in [6.45, 7) is 0. The van der Waals surface area contributed by atoms with Crippen LogP contribution in [-0.4, -0.2) is 17.0 Å². The second-order valence-electron chi connectivity index (χ2n) is 1.91. The standard InChI is InChI=1S/C4H2Cl8S2/c5-1(3(7,8)9)13-14-2(6)4(10,11)12/h1-2H. The van der Waals surface area contributed by atoms with Crippen molar-refractivity contribution in [3.63, 3.8) is 0 Å². The van der Waals surface area contributed by atoms with Crippen molar-refractivity contribution in [3.8, 4) is 0 Å². The number of hydrogen-bond donors (Lipinski definition) is 0. The molecule has 86 valence electrons. The first-order valence-electron chi connectivity index (χ1n) is 2.79. The Morgan fingerprint density at radius 3 is 1.00 bits per heavy atom. The Morgan fingerprint density at radius 2 is 0.857 bits per heavy atom. The summed E-state index contributed by atoms with van der Waals surface area (Å²) < 4.78 is -4.76. The Morgan fingerprint density at radius 1 is 0.643 bits per heavy atom. The largest absolute Gasteiger partial charge is 0.216 e. The van der Waals surface area contributed by atoms with Crippen LogP contribution in [0.5, 0.6) is 0 Å². The van der Waals surface area contributed by atoms with Crippen molar-refractivity contribution < 1.29 is 0 Å². The van der Waals surface area contributed by atoms with Gasteiger partial charge >= 0.3 is 0 Å². The lowest BCUT2D eigenvalue weighted by atomic mass is 10.9. The van der Waals surface area contributed by atoms with Crippen LogP contribution in [0.4, 0.5) is 0 Å². The van der Waals surface area contributed by atoms with Crippen molar-refractivity contribution in [2.24, 2.45) is 0 Å². The highest BCUT2D eigenvalue weighted by Gasteiger charge is 2.36. The van der Waals surface area contributed by atoms with Crippen LogP contribution in [0, 0.1) is 0 Å². The van der Waals surface area contributed by atoms with E-state index in [0.29, 0.717) is 0 Å². The van der Waals surface area contributed by atoms with E-state index in [1.807, 2.05) is 0 Å². The highest BCUT2D eigenvalue weighted by Crippen LogP contribution is 2.50. The maximum absolute atomic E-state index is 5.71. The molecule has 0 nitrogen and oxygen atoms in total. The minimum atomic E-state index is -1.59. The van der Waals surface area contributed by atoms with Crippen molar-refractivity contribution in [1.29, 1.82) is 0 Å². The van der Waals surface area contributed by atoms with Crippen molar-refractivity contribution in [3.05, 3.63) is 0 Å². The van der Waals surface area contributed by atoms with Gasteiger partial charge < -0.3 is 0 Å². The normalized spacial score (nSPS) is 18.0. The van der Waals surface area contributed by atoms with Crippen molar-refractivity contribution in [2.45, 2.75) is 17.0 Å². The van der Waals surface area contributed by atoms with Crippen LogP contribution in [0.2, 0.25) is 0 Å². The zero-order chi connectivity index (χ0) is 11.6. The molecular formula is C4H2Cl8S2. The molecule has 0 heterocycles. The maximum Gasteiger partial charge on any atom is 0.216 e. The fourth-order valence-electron chi connectivity index (χ4n) is 0.207. The van der Waals surface area contributed by atoms with Crippen LogP contribution < -0.4 is 0 Å². The molecule has 14 heavy (non-hydrogen) atoms. The fourth-order valence-corrected chi connectivity index (χ4v) is 4.58. The van der Waals surface area contributed by atoms with Crippen molar-refractivity contribution in [2.75, 3.05) is 0 Å². The first kappa shape index (κ1) is 17.0. The maximum atomic E-state index is 5.71. The molecule has 2 atom stereocenters. The lowest BCUT2D eigenvalue weighted by Crippen LogP contribution is -2.18. The molecule has 0 saturated heterocycles. The van der Waals surface area contributed by atoms with E-state index < -0.39 is 17.0 Å². The highest BCUT2D eigenvalue weighted by atomic mass is 35.6. The fraction of sp³-hybridized carbons (Fsp3) is 1.00. The molecule has 0 aliphatic carbocycles. The van der Waals surface area contributed by atoms with E-state index in [1.165, 1.54) is 0 Å². The van der Waals surface area contributed by atoms with Crippen molar-refractivity contribution in [1.82, 2.24) is 0 Å². The molecule has 2 unspecified atom stereocenters. The molecular weight excluding hydrogens is 396 g/mol. The molecule has 0 bridgehead atoms. The number of alkyl halides is 8. The summed E-state index contributed by atoms with van der Waals surface area (Å²) in [6.07, 6.45) is 0. The quantitative estimate of drug-likeness (QED) is 0.408. The molecule has 0 radical (unpaired) electrons. The van der Waals surface area contributed by atoms with Gasteiger partial charge in [0, 0.05) is 0 Å². The molecule has 0 aliphatic rings. The number of halogens is 8. The van der Waals surface area contributed by atoms with Gasteiger partial charge in [0.25, 0.3) is 0 Å². The minimum Gasteiger partial charge on any atom is -0.105 e. The predicted octanol–water partition coefficient (Wildman–Crippen LogP) is 6.24. The van der Waals surface area contributed by atoms with Gasteiger partial charge in [-0.2, -0.15) is 0 Å². The van der Waals surface area contributed by atoms with Crippen molar-refractivity contribution >= 4 is 114 Å². The molecule has 0 amide bonds. The number of rotatable bonds is 3. The van der Waals surface area contributed by atoms with Gasteiger partial charge in [0.1, 0.15) is 9.42 Å². The summed E-state index contributed by atoms with van der Waals surface area (Å²) in [6, 6.07) is 0. The van der Waals surface area contributed by atoms with Crippen LogP contribution in [0.25, 0.3) is 0 Å². The summed E-state index contributed by atoms with van der Waals surface area (Å²) in [5, 5.41) is 0. The van der Waals surface area contributed by atoms with Gasteiger partial charge in [0.05, 0.1) is 0 Å². The average molecular weight is 398 g/mol. The van der Waals surface area contributed by atoms with Crippen LogP contribution >= 0.6 is 114 Å². The average Bonchev–Trinajstić information content (AvgIpc) is 1.95. The van der Waals surface area contributed by atoms with Crippen LogP contribution in [0.3, 0.4) is 0 Å². The summed E-state index contributed by atoms with van der Waals surface area (Å²) in [5.41, 5.74) is 0. The molecule has 0 N–H and O–H groups in total. The Labute approximate surface area is 130 Å². The second kappa shape index (κ2) is 6.82. The summed E-state index contributed by atoms with van der Waals surface area (Å²) in [5.74, 6) is 0. The van der Waals surface area contributed by atoms with E-state index in [-0.39, 0.29) is 0 Å². The van der Waals surface area contributed by atoms with Gasteiger partial charge in [0.2, 0.25) is 7.59 Å². The Hall–Kier alpha value is 3.02.